The second-order valence-electron chi connectivity index (χ2n) is 11.2. The third-order valence-corrected chi connectivity index (χ3v) is 8.97. The van der Waals surface area contributed by atoms with E-state index in [0.717, 1.165) is 55.1 Å². The number of fused-ring (bicyclic) bond motifs is 2. The normalized spacial score (nSPS) is 19.0. The summed E-state index contributed by atoms with van der Waals surface area (Å²) in [5, 5.41) is 4.53. The lowest BCUT2D eigenvalue weighted by Gasteiger charge is -2.40. The van der Waals surface area contributed by atoms with Crippen LogP contribution in [0.1, 0.15) is 56.7 Å². The van der Waals surface area contributed by atoms with Gasteiger partial charge in [-0.15, -0.1) is 0 Å². The lowest BCUT2D eigenvalue weighted by molar-refractivity contribution is 0.325. The Balaban J connectivity index is 1.34. The summed E-state index contributed by atoms with van der Waals surface area (Å²) in [4.78, 5) is 11.8. The summed E-state index contributed by atoms with van der Waals surface area (Å²) < 4.78 is 39.8. The lowest BCUT2D eigenvalue weighted by Crippen LogP contribution is -2.44. The topological polar surface area (TPSA) is 94.9 Å². The Bertz CT molecular complexity index is 1560. The van der Waals surface area contributed by atoms with Gasteiger partial charge >= 0.3 is 0 Å². The first kappa shape index (κ1) is 25.1. The average molecular weight is 535 g/mol. The first-order valence-corrected chi connectivity index (χ1v) is 14.0. The highest BCUT2D eigenvalue weighted by Crippen LogP contribution is 2.47. The van der Waals surface area contributed by atoms with Crippen molar-refractivity contribution in [2.24, 2.45) is 9.81 Å². The van der Waals surface area contributed by atoms with Gasteiger partial charge in [-0.1, -0.05) is 16.5 Å². The maximum atomic E-state index is 14.7. The van der Waals surface area contributed by atoms with Crippen LogP contribution >= 0.6 is 0 Å². The van der Waals surface area contributed by atoms with E-state index in [9.17, 15) is 8.94 Å². The maximum Gasteiger partial charge on any atom is 0.192 e. The first-order valence-electron chi connectivity index (χ1n) is 12.9. The standard InChI is InChI=1S/C28H31FN6O2S/c1-17-23(19-8-6-7-9-20(19)29)35-22(10-13-30-35)26(31-17)34-14-11-28(12-15-34)16-21-24(37-18(2)32-21)25(28)33-38(36)27(3,4)5/h6-10,13H,11-12,14-16H2,1-5H3. The number of nitrogens with zero attached hydrogens (tertiary/aromatic N) is 6. The smallest absolute Gasteiger partial charge is 0.192 e. The molecule has 1 spiro atoms. The maximum absolute atomic E-state index is 14.7. The summed E-state index contributed by atoms with van der Waals surface area (Å²) in [6.45, 7) is 11.0. The van der Waals surface area contributed by atoms with E-state index in [1.54, 1.807) is 22.8 Å². The van der Waals surface area contributed by atoms with Crippen molar-refractivity contribution in [2.45, 2.75) is 58.6 Å². The quantitative estimate of drug-likeness (QED) is 0.334. The zero-order valence-corrected chi connectivity index (χ0v) is 23.1. The van der Waals surface area contributed by atoms with E-state index in [0.29, 0.717) is 28.6 Å². The molecule has 0 radical (unpaired) electrons. The van der Waals surface area contributed by atoms with Crippen LogP contribution in [0.2, 0.25) is 0 Å². The summed E-state index contributed by atoms with van der Waals surface area (Å²) in [5.74, 6) is 1.82. The van der Waals surface area contributed by atoms with Crippen LogP contribution in [-0.2, 0) is 17.8 Å². The fourth-order valence-corrected chi connectivity index (χ4v) is 6.32. The number of piperidine rings is 1. The molecule has 0 saturated carbocycles. The number of benzene rings is 1. The highest BCUT2D eigenvalue weighted by molar-refractivity contribution is 7.91. The van der Waals surface area contributed by atoms with Crippen LogP contribution in [0.15, 0.2) is 45.3 Å². The van der Waals surface area contributed by atoms with E-state index in [4.69, 9.17) is 13.8 Å². The van der Waals surface area contributed by atoms with Crippen molar-refractivity contribution in [1.82, 2.24) is 19.6 Å². The molecule has 2 aliphatic rings. The Hall–Kier alpha value is -3.24. The number of aromatic nitrogens is 4. The van der Waals surface area contributed by atoms with E-state index in [1.165, 1.54) is 6.07 Å². The number of hydrogen-bond donors (Lipinski definition) is 0. The molecule has 10 heteroatoms. The molecular weight excluding hydrogens is 503 g/mol. The number of oxazole rings is 1. The molecule has 0 amide bonds. The van der Waals surface area contributed by atoms with E-state index < -0.39 is 16.1 Å². The van der Waals surface area contributed by atoms with E-state index in [1.807, 2.05) is 46.8 Å². The molecule has 0 bridgehead atoms. The molecule has 38 heavy (non-hydrogen) atoms. The van der Waals surface area contributed by atoms with Crippen LogP contribution in [0, 0.1) is 25.1 Å². The van der Waals surface area contributed by atoms with E-state index >= 15 is 0 Å². The van der Waals surface area contributed by atoms with Gasteiger partial charge in [-0.2, -0.15) is 5.10 Å². The van der Waals surface area contributed by atoms with Gasteiger partial charge in [0.2, 0.25) is 0 Å². The van der Waals surface area contributed by atoms with Gasteiger partial charge in [-0.25, -0.2) is 18.9 Å². The summed E-state index contributed by atoms with van der Waals surface area (Å²) in [6.07, 6.45) is 4.06. The average Bonchev–Trinajstić information content (AvgIpc) is 3.54. The Morgan fingerprint density at radius 2 is 1.84 bits per heavy atom. The van der Waals surface area contributed by atoms with Gasteiger partial charge in [0.15, 0.2) is 17.5 Å². The third kappa shape index (κ3) is 4.01. The molecule has 1 fully saturated rings. The molecule has 1 atom stereocenters. The molecule has 8 nitrogen and oxygen atoms in total. The molecule has 3 aromatic heterocycles. The predicted molar refractivity (Wildman–Crippen MR) is 146 cm³/mol. The fraction of sp³-hybridized carbons (Fsp3) is 0.429. The molecule has 1 saturated heterocycles. The number of anilines is 1. The van der Waals surface area contributed by atoms with Crippen LogP contribution in [0.4, 0.5) is 10.2 Å². The molecule has 1 aliphatic carbocycles. The Morgan fingerprint density at radius 3 is 2.55 bits per heavy atom. The van der Waals surface area contributed by atoms with Crippen molar-refractivity contribution in [3.05, 3.63) is 65.4 Å². The van der Waals surface area contributed by atoms with Gasteiger partial charge < -0.3 is 13.9 Å². The summed E-state index contributed by atoms with van der Waals surface area (Å²) in [6, 6.07) is 8.63. The molecular formula is C28H31FN6O2S. The summed E-state index contributed by atoms with van der Waals surface area (Å²) in [7, 11) is 0. The van der Waals surface area contributed by atoms with Gasteiger partial charge in [0.25, 0.3) is 0 Å². The molecule has 1 unspecified atom stereocenters. The van der Waals surface area contributed by atoms with Crippen LogP contribution in [-0.4, -0.2) is 47.7 Å². The SMILES string of the molecule is Cc1nc2c(o1)C(=N[S+]([O-])C(C)(C)C)C1(CCN(c3nc(C)c(-c4ccccc4F)n4nccc34)CC1)C2. The fourth-order valence-electron chi connectivity index (χ4n) is 5.61. The Labute approximate surface area is 224 Å². The second kappa shape index (κ2) is 8.91. The van der Waals surface area contributed by atoms with Crippen LogP contribution in [0.5, 0.6) is 0 Å². The van der Waals surface area contributed by atoms with Crippen LogP contribution < -0.4 is 4.90 Å². The zero-order chi connectivity index (χ0) is 26.8. The minimum absolute atomic E-state index is 0.273. The highest BCUT2D eigenvalue weighted by atomic mass is 32.2. The number of hydrogen-bond acceptors (Lipinski definition) is 7. The van der Waals surface area contributed by atoms with Crippen molar-refractivity contribution in [2.75, 3.05) is 18.0 Å². The Kier molecular flexibility index (Phi) is 5.88. The van der Waals surface area contributed by atoms with Gasteiger partial charge in [-0.05, 0) is 58.7 Å². The number of rotatable bonds is 3. The number of halogens is 1. The summed E-state index contributed by atoms with van der Waals surface area (Å²) >= 11 is -1.40. The number of aryl methyl sites for hydroxylation is 2. The molecule has 4 heterocycles. The molecule has 1 aromatic carbocycles. The van der Waals surface area contributed by atoms with Crippen molar-refractivity contribution in [3.8, 4) is 11.3 Å². The molecule has 4 aromatic rings. The monoisotopic (exact) mass is 534 g/mol. The predicted octanol–water partition coefficient (Wildman–Crippen LogP) is 5.23. The van der Waals surface area contributed by atoms with E-state index in [-0.39, 0.29) is 11.2 Å². The third-order valence-electron chi connectivity index (χ3n) is 7.57. The Morgan fingerprint density at radius 1 is 1.11 bits per heavy atom. The zero-order valence-electron chi connectivity index (χ0n) is 22.3. The van der Waals surface area contributed by atoms with Crippen LogP contribution in [0.25, 0.3) is 16.8 Å². The molecule has 0 N–H and O–H groups in total. The molecule has 6 rings (SSSR count). The van der Waals surface area contributed by atoms with Gasteiger partial charge in [0.1, 0.15) is 33.2 Å². The van der Waals surface area contributed by atoms with Crippen molar-refractivity contribution >= 4 is 28.4 Å². The molecule has 1 aliphatic heterocycles. The minimum Gasteiger partial charge on any atom is -0.591 e. The molecule has 198 valence electrons. The van der Waals surface area contributed by atoms with Crippen molar-refractivity contribution < 1.29 is 13.4 Å². The van der Waals surface area contributed by atoms with Crippen LogP contribution in [0.3, 0.4) is 0 Å². The highest BCUT2D eigenvalue weighted by Gasteiger charge is 2.51. The van der Waals surface area contributed by atoms with Gasteiger partial charge in [0, 0.05) is 37.4 Å². The van der Waals surface area contributed by atoms with Crippen molar-refractivity contribution in [3.63, 3.8) is 0 Å². The van der Waals surface area contributed by atoms with Gasteiger partial charge in [0.05, 0.1) is 23.3 Å². The first-order chi connectivity index (χ1) is 18.1. The van der Waals surface area contributed by atoms with E-state index in [2.05, 4.69) is 15.0 Å². The lowest BCUT2D eigenvalue weighted by atomic mass is 9.75. The summed E-state index contributed by atoms with van der Waals surface area (Å²) in [5.41, 5.74) is 4.10. The van der Waals surface area contributed by atoms with Gasteiger partial charge in [-0.3, -0.25) is 0 Å². The largest absolute Gasteiger partial charge is 0.591 e. The minimum atomic E-state index is -1.40. The van der Waals surface area contributed by atoms with Crippen molar-refractivity contribution in [1.29, 1.82) is 0 Å². The second-order valence-corrected chi connectivity index (χ2v) is 13.1.